The zero-order valence-electron chi connectivity index (χ0n) is 19.2. The highest BCUT2D eigenvalue weighted by molar-refractivity contribution is 5.96. The van der Waals surface area contributed by atoms with Gasteiger partial charge in [-0.2, -0.15) is 13.2 Å². The molecule has 2 aromatic rings. The molecule has 0 saturated carbocycles. The third-order valence-corrected chi connectivity index (χ3v) is 5.94. The number of aromatic nitrogens is 1. The van der Waals surface area contributed by atoms with E-state index in [0.717, 1.165) is 38.3 Å². The molecule has 4 rings (SSSR count). The molecule has 2 saturated heterocycles. The average molecular weight is 487 g/mol. The normalized spacial score (nSPS) is 19.5. The van der Waals surface area contributed by atoms with Gasteiger partial charge in [0.1, 0.15) is 22.7 Å². The Morgan fingerprint density at radius 1 is 1.32 bits per heavy atom. The Hall–Kier alpha value is -2.86. The van der Waals surface area contributed by atoms with Crippen LogP contribution in [-0.4, -0.2) is 77.0 Å². The summed E-state index contributed by atoms with van der Waals surface area (Å²) in [6.45, 7) is 7.45. The zero-order valence-corrected chi connectivity index (χ0v) is 19.2. The number of aliphatic carboxylic acids is 1. The van der Waals surface area contributed by atoms with Crippen molar-refractivity contribution in [2.45, 2.75) is 45.0 Å². The van der Waals surface area contributed by atoms with Crippen molar-refractivity contribution < 1.29 is 41.5 Å². The molecule has 1 spiro atoms. The summed E-state index contributed by atoms with van der Waals surface area (Å²) in [5.74, 6) is -0.669. The fraction of sp³-hybridized carbons (Fsp3) is 0.591. The van der Waals surface area contributed by atoms with Gasteiger partial charge in [0, 0.05) is 6.54 Å². The largest absolute Gasteiger partial charge is 0.490 e. The first kappa shape index (κ1) is 25.8. The van der Waals surface area contributed by atoms with E-state index >= 15 is 0 Å². The lowest BCUT2D eigenvalue weighted by atomic mass is 9.82. The minimum atomic E-state index is -5.08. The molecule has 0 aromatic carbocycles. The van der Waals surface area contributed by atoms with Crippen LogP contribution < -0.4 is 0 Å². The van der Waals surface area contributed by atoms with Gasteiger partial charge in [0.25, 0.3) is 5.91 Å². The van der Waals surface area contributed by atoms with Gasteiger partial charge in [0.2, 0.25) is 0 Å². The van der Waals surface area contributed by atoms with E-state index in [1.54, 1.807) is 20.1 Å². The first-order valence-corrected chi connectivity index (χ1v) is 10.8. The van der Waals surface area contributed by atoms with Crippen molar-refractivity contribution >= 4 is 11.9 Å². The molecule has 0 aliphatic carbocycles. The van der Waals surface area contributed by atoms with Gasteiger partial charge in [-0.25, -0.2) is 4.79 Å². The van der Waals surface area contributed by atoms with Crippen molar-refractivity contribution in [3.8, 4) is 0 Å². The Morgan fingerprint density at radius 2 is 2.00 bits per heavy atom. The van der Waals surface area contributed by atoms with E-state index in [2.05, 4.69) is 17.1 Å². The summed E-state index contributed by atoms with van der Waals surface area (Å²) in [5.41, 5.74) is 1.09. The molecule has 4 heterocycles. The highest BCUT2D eigenvalue weighted by Gasteiger charge is 2.49. The predicted molar refractivity (Wildman–Crippen MR) is 112 cm³/mol. The van der Waals surface area contributed by atoms with Crippen LogP contribution in [0.1, 0.15) is 40.4 Å². The van der Waals surface area contributed by atoms with E-state index in [1.807, 2.05) is 17.0 Å². The fourth-order valence-electron chi connectivity index (χ4n) is 4.22. The third-order valence-electron chi connectivity index (χ3n) is 5.94. The summed E-state index contributed by atoms with van der Waals surface area (Å²) in [6, 6.07) is 3.92. The molecule has 1 unspecified atom stereocenters. The second kappa shape index (κ2) is 10.2. The number of likely N-dealkylation sites (tertiary alicyclic amines) is 1. The fourth-order valence-corrected chi connectivity index (χ4v) is 4.22. The maximum absolute atomic E-state index is 12.7. The first-order chi connectivity index (χ1) is 15.9. The minimum absolute atomic E-state index is 0.000722. The molecule has 0 bridgehead atoms. The van der Waals surface area contributed by atoms with Crippen molar-refractivity contribution in [3.05, 3.63) is 41.2 Å². The monoisotopic (exact) mass is 487 g/mol. The molecule has 1 amide bonds. The SMILES string of the molecule is Cc1noc(C)c1C(=O)N1CC2(CCC(CN(C)Cc3ccco3)CO2)C1.O=C(O)C(F)(F)F. The van der Waals surface area contributed by atoms with Crippen LogP contribution in [0, 0.1) is 19.8 Å². The van der Waals surface area contributed by atoms with Crippen molar-refractivity contribution in [2.75, 3.05) is 33.3 Å². The van der Waals surface area contributed by atoms with Gasteiger partial charge in [-0.15, -0.1) is 0 Å². The Morgan fingerprint density at radius 3 is 2.47 bits per heavy atom. The van der Waals surface area contributed by atoms with Crippen LogP contribution in [0.25, 0.3) is 0 Å². The number of furan rings is 1. The molecule has 2 aliphatic rings. The Kier molecular flexibility index (Phi) is 7.71. The van der Waals surface area contributed by atoms with Crippen LogP contribution in [0.4, 0.5) is 13.2 Å². The summed E-state index contributed by atoms with van der Waals surface area (Å²) >= 11 is 0. The van der Waals surface area contributed by atoms with Gasteiger partial charge in [-0.05, 0) is 51.8 Å². The van der Waals surface area contributed by atoms with Gasteiger partial charge in [0.05, 0.1) is 38.2 Å². The predicted octanol–water partition coefficient (Wildman–Crippen LogP) is 3.27. The van der Waals surface area contributed by atoms with Crippen molar-refractivity contribution in [1.29, 1.82) is 0 Å². The minimum Gasteiger partial charge on any atom is -0.475 e. The summed E-state index contributed by atoms with van der Waals surface area (Å²) < 4.78 is 48.5. The van der Waals surface area contributed by atoms with Crippen LogP contribution in [0.3, 0.4) is 0 Å². The number of carbonyl (C=O) groups is 2. The maximum Gasteiger partial charge on any atom is 0.490 e. The molecule has 9 nitrogen and oxygen atoms in total. The van der Waals surface area contributed by atoms with Gasteiger partial charge in [0.15, 0.2) is 0 Å². The lowest BCUT2D eigenvalue weighted by Crippen LogP contribution is -2.66. The van der Waals surface area contributed by atoms with E-state index in [-0.39, 0.29) is 11.5 Å². The van der Waals surface area contributed by atoms with Gasteiger partial charge >= 0.3 is 12.1 Å². The number of nitrogens with zero attached hydrogens (tertiary/aromatic N) is 3. The summed E-state index contributed by atoms with van der Waals surface area (Å²) in [6.07, 6.45) is -1.25. The molecular weight excluding hydrogens is 459 g/mol. The lowest BCUT2D eigenvalue weighted by Gasteiger charge is -2.52. The number of halogens is 3. The molecule has 1 N–H and O–H groups in total. The van der Waals surface area contributed by atoms with Gasteiger partial charge < -0.3 is 23.7 Å². The number of carboxylic acids is 1. The number of hydrogen-bond donors (Lipinski definition) is 1. The van der Waals surface area contributed by atoms with Crippen molar-refractivity contribution in [3.63, 3.8) is 0 Å². The molecule has 1 atom stereocenters. The van der Waals surface area contributed by atoms with Crippen LogP contribution in [0.2, 0.25) is 0 Å². The quantitative estimate of drug-likeness (QED) is 0.685. The van der Waals surface area contributed by atoms with Crippen molar-refractivity contribution in [2.24, 2.45) is 5.92 Å². The third kappa shape index (κ3) is 6.17. The highest BCUT2D eigenvalue weighted by Crippen LogP contribution is 2.37. The number of ether oxygens (including phenoxy) is 1. The topological polar surface area (TPSA) is 109 Å². The van der Waals surface area contributed by atoms with E-state index in [1.165, 1.54) is 0 Å². The number of rotatable bonds is 5. The second-order valence-corrected chi connectivity index (χ2v) is 8.84. The standard InChI is InChI=1S/C20H27N3O4.C2HF3O2/c1-14-18(15(2)27-21-14)19(24)23-12-20(13-23)7-6-16(11-26-20)9-22(3)10-17-5-4-8-25-17;3-2(4,5)1(6)7/h4-5,8,16H,6-7,9-13H2,1-3H3;(H,6,7). The van der Waals surface area contributed by atoms with Gasteiger partial charge in [-0.3, -0.25) is 9.69 Å². The van der Waals surface area contributed by atoms with E-state index in [4.69, 9.17) is 23.6 Å². The Balaban J connectivity index is 0.000000406. The number of amides is 1. The lowest BCUT2D eigenvalue weighted by molar-refractivity contribution is -0.192. The number of hydrogen-bond acceptors (Lipinski definition) is 7. The number of carbonyl (C=O) groups excluding carboxylic acids is 1. The Labute approximate surface area is 194 Å². The van der Waals surface area contributed by atoms with Gasteiger partial charge in [-0.1, -0.05) is 5.16 Å². The van der Waals surface area contributed by atoms with E-state index < -0.39 is 12.1 Å². The molecule has 12 heteroatoms. The number of alkyl halides is 3. The Bertz CT molecular complexity index is 953. The maximum atomic E-state index is 12.7. The van der Waals surface area contributed by atoms with E-state index in [9.17, 15) is 18.0 Å². The molecule has 34 heavy (non-hydrogen) atoms. The molecule has 188 valence electrons. The molecule has 0 radical (unpaired) electrons. The summed E-state index contributed by atoms with van der Waals surface area (Å²) in [4.78, 5) is 25.7. The molecular formula is C22H28F3N3O6. The van der Waals surface area contributed by atoms with Crippen LogP contribution in [-0.2, 0) is 16.1 Å². The van der Waals surface area contributed by atoms with Crippen LogP contribution in [0.15, 0.2) is 27.3 Å². The summed E-state index contributed by atoms with van der Waals surface area (Å²) in [7, 11) is 2.11. The number of aryl methyl sites for hydroxylation is 2. The van der Waals surface area contributed by atoms with Crippen LogP contribution in [0.5, 0.6) is 0 Å². The smallest absolute Gasteiger partial charge is 0.475 e. The van der Waals surface area contributed by atoms with Crippen LogP contribution >= 0.6 is 0 Å². The first-order valence-electron chi connectivity index (χ1n) is 10.8. The number of carboxylic acid groups (broad SMARTS) is 1. The molecule has 2 fully saturated rings. The van der Waals surface area contributed by atoms with Crippen molar-refractivity contribution in [1.82, 2.24) is 15.0 Å². The van der Waals surface area contributed by atoms with E-state index in [0.29, 0.717) is 36.0 Å². The second-order valence-electron chi connectivity index (χ2n) is 8.84. The molecule has 2 aromatic heterocycles. The molecule has 2 aliphatic heterocycles. The summed E-state index contributed by atoms with van der Waals surface area (Å²) in [5, 5.41) is 11.0. The highest BCUT2D eigenvalue weighted by atomic mass is 19.4. The zero-order chi connectivity index (χ0) is 25.1. The average Bonchev–Trinajstić information content (AvgIpc) is 3.35.